The molecule has 0 saturated carbocycles. The van der Waals surface area contributed by atoms with Crippen LogP contribution in [0, 0.1) is 13.8 Å². The summed E-state index contributed by atoms with van der Waals surface area (Å²) >= 11 is 25.9. The number of hydrogen-bond acceptors (Lipinski definition) is 4. The van der Waals surface area contributed by atoms with E-state index in [2.05, 4.69) is 10.3 Å². The van der Waals surface area contributed by atoms with Gasteiger partial charge in [0, 0.05) is 21.0 Å². The Labute approximate surface area is 186 Å². The Morgan fingerprint density at radius 3 is 2.25 bits per heavy atom. The third-order valence-corrected chi connectivity index (χ3v) is 6.44. The standard InChI is InChI=1S/C19H14Cl4N2O2S/c1-9-15(21)10(2)17(23)18(16(9)22)27-7-14(26)25-19-24-13(8-28-19)11-3-5-12(20)6-4-11/h3-6,8H,7H2,1-2H3,(H,24,25,26). The van der Waals surface area contributed by atoms with Gasteiger partial charge in [0.1, 0.15) is 0 Å². The number of aromatic nitrogens is 1. The molecule has 0 saturated heterocycles. The van der Waals surface area contributed by atoms with E-state index in [1.807, 2.05) is 17.5 Å². The number of carbonyl (C=O) groups excluding carboxylic acids is 1. The molecule has 1 aromatic heterocycles. The van der Waals surface area contributed by atoms with E-state index >= 15 is 0 Å². The number of nitrogens with zero attached hydrogens (tertiary/aromatic N) is 1. The lowest BCUT2D eigenvalue weighted by Crippen LogP contribution is -2.20. The second-order valence-corrected chi connectivity index (χ2v) is 8.33. The predicted molar refractivity (Wildman–Crippen MR) is 118 cm³/mol. The maximum Gasteiger partial charge on any atom is 0.264 e. The van der Waals surface area contributed by atoms with Crippen molar-refractivity contribution in [2.45, 2.75) is 13.8 Å². The van der Waals surface area contributed by atoms with Gasteiger partial charge in [-0.15, -0.1) is 11.3 Å². The molecule has 4 nitrogen and oxygen atoms in total. The second kappa shape index (κ2) is 8.89. The highest BCUT2D eigenvalue weighted by atomic mass is 35.5. The van der Waals surface area contributed by atoms with Gasteiger partial charge in [-0.25, -0.2) is 4.98 Å². The Hall–Kier alpha value is -1.50. The van der Waals surface area contributed by atoms with Gasteiger partial charge < -0.3 is 4.74 Å². The summed E-state index contributed by atoms with van der Waals surface area (Å²) in [6.07, 6.45) is 0. The quantitative estimate of drug-likeness (QED) is 0.429. The summed E-state index contributed by atoms with van der Waals surface area (Å²) in [5.74, 6) is -0.145. The molecule has 1 N–H and O–H groups in total. The van der Waals surface area contributed by atoms with Crippen molar-refractivity contribution < 1.29 is 9.53 Å². The molecule has 146 valence electrons. The van der Waals surface area contributed by atoms with Crippen molar-refractivity contribution in [2.75, 3.05) is 11.9 Å². The van der Waals surface area contributed by atoms with Crippen LogP contribution in [-0.4, -0.2) is 17.5 Å². The second-order valence-electron chi connectivity index (χ2n) is 5.90. The number of hydrogen-bond donors (Lipinski definition) is 1. The SMILES string of the molecule is Cc1c(Cl)c(C)c(Cl)c(OCC(=O)Nc2nc(-c3ccc(Cl)cc3)cs2)c1Cl. The van der Waals surface area contributed by atoms with E-state index in [4.69, 9.17) is 51.1 Å². The zero-order valence-electron chi connectivity index (χ0n) is 14.8. The summed E-state index contributed by atoms with van der Waals surface area (Å²) in [5.41, 5.74) is 2.94. The normalized spacial score (nSPS) is 10.8. The number of rotatable bonds is 5. The molecule has 3 rings (SSSR count). The molecule has 0 atom stereocenters. The average Bonchev–Trinajstić information content (AvgIpc) is 3.13. The molecule has 1 amide bonds. The lowest BCUT2D eigenvalue weighted by molar-refractivity contribution is -0.118. The molecule has 0 bridgehead atoms. The lowest BCUT2D eigenvalue weighted by Gasteiger charge is -2.15. The summed E-state index contributed by atoms with van der Waals surface area (Å²) < 4.78 is 5.55. The smallest absolute Gasteiger partial charge is 0.264 e. The molecule has 0 radical (unpaired) electrons. The minimum atomic E-state index is -0.380. The van der Waals surface area contributed by atoms with E-state index in [0.717, 1.165) is 11.3 Å². The number of benzene rings is 2. The molecule has 0 aliphatic heterocycles. The molecule has 0 unspecified atom stereocenters. The van der Waals surface area contributed by atoms with E-state index in [1.54, 1.807) is 26.0 Å². The van der Waals surface area contributed by atoms with Crippen molar-refractivity contribution in [1.82, 2.24) is 4.98 Å². The molecule has 3 aromatic rings. The van der Waals surface area contributed by atoms with Crippen molar-refractivity contribution in [3.63, 3.8) is 0 Å². The van der Waals surface area contributed by atoms with Crippen LogP contribution in [0.3, 0.4) is 0 Å². The number of thiazole rings is 1. The molecule has 9 heteroatoms. The van der Waals surface area contributed by atoms with Gasteiger partial charge in [0.15, 0.2) is 17.5 Å². The third kappa shape index (κ3) is 4.56. The van der Waals surface area contributed by atoms with Gasteiger partial charge >= 0.3 is 0 Å². The van der Waals surface area contributed by atoms with Crippen LogP contribution in [0.25, 0.3) is 11.3 Å². The zero-order chi connectivity index (χ0) is 20.4. The first-order valence-electron chi connectivity index (χ1n) is 8.05. The van der Waals surface area contributed by atoms with Gasteiger partial charge in [0.25, 0.3) is 5.91 Å². The van der Waals surface area contributed by atoms with E-state index in [9.17, 15) is 4.79 Å². The van der Waals surface area contributed by atoms with Crippen molar-refractivity contribution in [1.29, 1.82) is 0 Å². The number of anilines is 1. The molecule has 2 aromatic carbocycles. The summed E-state index contributed by atoms with van der Waals surface area (Å²) in [7, 11) is 0. The van der Waals surface area contributed by atoms with Crippen molar-refractivity contribution in [3.8, 4) is 17.0 Å². The molecular weight excluding hydrogens is 462 g/mol. The molecule has 28 heavy (non-hydrogen) atoms. The van der Waals surface area contributed by atoms with Crippen LogP contribution in [0.1, 0.15) is 11.1 Å². The first-order chi connectivity index (χ1) is 13.3. The fourth-order valence-corrected chi connectivity index (χ4v) is 4.10. The van der Waals surface area contributed by atoms with Gasteiger partial charge in [0.05, 0.1) is 15.7 Å². The van der Waals surface area contributed by atoms with Gasteiger partial charge in [-0.05, 0) is 37.1 Å². The van der Waals surface area contributed by atoms with Crippen LogP contribution < -0.4 is 10.1 Å². The van der Waals surface area contributed by atoms with E-state index in [1.165, 1.54) is 11.3 Å². The highest BCUT2D eigenvalue weighted by Gasteiger charge is 2.19. The molecule has 1 heterocycles. The summed E-state index contributed by atoms with van der Waals surface area (Å²) in [4.78, 5) is 16.6. The number of halogens is 4. The maximum absolute atomic E-state index is 12.2. The minimum Gasteiger partial charge on any atom is -0.481 e. The Bertz CT molecular complexity index is 1010. The topological polar surface area (TPSA) is 51.2 Å². The molecule has 0 aliphatic carbocycles. The Balaban J connectivity index is 1.67. The fourth-order valence-electron chi connectivity index (χ4n) is 2.42. The number of nitrogens with one attached hydrogen (secondary N) is 1. The van der Waals surface area contributed by atoms with Gasteiger partial charge in [-0.2, -0.15) is 0 Å². The van der Waals surface area contributed by atoms with Crippen LogP contribution in [0.4, 0.5) is 5.13 Å². The molecular formula is C19H14Cl4N2O2S. The summed E-state index contributed by atoms with van der Waals surface area (Å²) in [6.45, 7) is 3.25. The summed E-state index contributed by atoms with van der Waals surface area (Å²) in [6, 6.07) is 7.29. The maximum atomic E-state index is 12.2. The minimum absolute atomic E-state index is 0.235. The predicted octanol–water partition coefficient (Wildman–Crippen LogP) is 7.06. The Kier molecular flexibility index (Phi) is 6.73. The van der Waals surface area contributed by atoms with Crippen LogP contribution in [0.5, 0.6) is 5.75 Å². The van der Waals surface area contributed by atoms with Gasteiger partial charge in [-0.1, -0.05) is 58.5 Å². The van der Waals surface area contributed by atoms with Crippen molar-refractivity contribution in [3.05, 3.63) is 60.9 Å². The number of amides is 1. The van der Waals surface area contributed by atoms with Crippen LogP contribution >= 0.6 is 57.7 Å². The van der Waals surface area contributed by atoms with Gasteiger partial charge in [0.2, 0.25) is 0 Å². The largest absolute Gasteiger partial charge is 0.481 e. The molecule has 0 fully saturated rings. The first kappa shape index (κ1) is 21.2. The monoisotopic (exact) mass is 474 g/mol. The lowest BCUT2D eigenvalue weighted by atomic mass is 10.1. The highest BCUT2D eigenvalue weighted by molar-refractivity contribution is 7.14. The molecule has 0 spiro atoms. The zero-order valence-corrected chi connectivity index (χ0v) is 18.6. The van der Waals surface area contributed by atoms with E-state index < -0.39 is 0 Å². The van der Waals surface area contributed by atoms with Crippen LogP contribution in [0.2, 0.25) is 20.1 Å². The van der Waals surface area contributed by atoms with Crippen molar-refractivity contribution >= 4 is 68.8 Å². The van der Waals surface area contributed by atoms with Gasteiger partial charge in [-0.3, -0.25) is 10.1 Å². The molecule has 0 aliphatic rings. The van der Waals surface area contributed by atoms with Crippen molar-refractivity contribution in [2.24, 2.45) is 0 Å². The number of carbonyl (C=O) groups is 1. The fraction of sp³-hybridized carbons (Fsp3) is 0.158. The Morgan fingerprint density at radius 2 is 1.64 bits per heavy atom. The Morgan fingerprint density at radius 1 is 1.04 bits per heavy atom. The van der Waals surface area contributed by atoms with Crippen LogP contribution in [-0.2, 0) is 4.79 Å². The average molecular weight is 476 g/mol. The first-order valence-corrected chi connectivity index (χ1v) is 10.4. The third-order valence-electron chi connectivity index (χ3n) is 3.95. The number of ether oxygens (including phenoxy) is 1. The van der Waals surface area contributed by atoms with E-state index in [0.29, 0.717) is 26.3 Å². The van der Waals surface area contributed by atoms with E-state index in [-0.39, 0.29) is 28.3 Å². The van der Waals surface area contributed by atoms with Crippen LogP contribution in [0.15, 0.2) is 29.6 Å². The highest BCUT2D eigenvalue weighted by Crippen LogP contribution is 2.42. The summed E-state index contributed by atoms with van der Waals surface area (Å²) in [5, 5.41) is 6.70.